The number of piperidine rings is 1. The number of hydrogen-bond acceptors (Lipinski definition) is 6. The summed E-state index contributed by atoms with van der Waals surface area (Å²) in [4.78, 5) is 5.47. The van der Waals surface area contributed by atoms with Crippen LogP contribution in [0.5, 0.6) is 0 Å². The average Bonchev–Trinajstić information content (AvgIpc) is 3.82. The molecular weight excluding hydrogens is 641 g/mol. The van der Waals surface area contributed by atoms with Crippen LogP contribution in [0.2, 0.25) is 0 Å². The molecule has 1 fully saturated rings. The van der Waals surface area contributed by atoms with Crippen LogP contribution in [0.3, 0.4) is 0 Å². The largest absolute Gasteiger partial charge is 0.464 e. The molecule has 3 aromatic rings. The predicted octanol–water partition coefficient (Wildman–Crippen LogP) is 8.15. The number of nitrogens with zero attached hydrogens (tertiary/aromatic N) is 2. The second kappa shape index (κ2) is 13.7. The van der Waals surface area contributed by atoms with Gasteiger partial charge in [-0.3, -0.25) is 4.99 Å². The fraction of sp³-hybridized carbons (Fsp3) is 0.400. The van der Waals surface area contributed by atoms with Crippen molar-refractivity contribution in [1.29, 1.82) is 0 Å². The highest BCUT2D eigenvalue weighted by Gasteiger charge is 2.37. The predicted molar refractivity (Wildman–Crippen MR) is 209 cm³/mol. The van der Waals surface area contributed by atoms with Crippen LogP contribution in [0.15, 0.2) is 107 Å². The minimum absolute atomic E-state index is 0.0623. The Bertz CT molecular complexity index is 2020. The van der Waals surface area contributed by atoms with E-state index in [2.05, 4.69) is 117 Å². The summed E-state index contributed by atoms with van der Waals surface area (Å²) < 4.78 is 9.28. The molecule has 4 aliphatic heterocycles. The maximum atomic E-state index is 6.73. The Kier molecular flexibility index (Phi) is 8.39. The molecule has 52 heavy (non-hydrogen) atoms. The lowest BCUT2D eigenvalue weighted by atomic mass is 9.79. The van der Waals surface area contributed by atoms with Crippen LogP contribution in [0.25, 0.3) is 17.5 Å². The minimum Gasteiger partial charge on any atom is -0.464 e. The fourth-order valence-electron chi connectivity index (χ4n) is 9.71. The second-order valence-electron chi connectivity index (χ2n) is 15.6. The number of fused-ring (bicyclic) bond motifs is 4. The molecule has 7 heteroatoms. The minimum atomic E-state index is -0.140. The van der Waals surface area contributed by atoms with Gasteiger partial charge in [-0.1, -0.05) is 72.3 Å². The quantitative estimate of drug-likeness (QED) is 0.197. The maximum Gasteiger partial charge on any atom is 0.196 e. The lowest BCUT2D eigenvalue weighted by molar-refractivity contribution is 0.173. The summed E-state index contributed by atoms with van der Waals surface area (Å²) in [6.45, 7) is 3.25. The van der Waals surface area contributed by atoms with E-state index in [0.717, 1.165) is 63.1 Å². The van der Waals surface area contributed by atoms with Crippen molar-refractivity contribution in [2.24, 2.45) is 22.7 Å². The summed E-state index contributed by atoms with van der Waals surface area (Å²) >= 11 is 0. The molecule has 4 N–H and O–H groups in total. The molecule has 5 heterocycles. The van der Waals surface area contributed by atoms with Crippen LogP contribution >= 0.6 is 0 Å². The van der Waals surface area contributed by atoms with Gasteiger partial charge in [0.2, 0.25) is 0 Å². The van der Waals surface area contributed by atoms with Crippen LogP contribution in [0, 0.1) is 17.8 Å². The number of ether oxygens (including phenoxy) is 1. The zero-order chi connectivity index (χ0) is 34.4. The van der Waals surface area contributed by atoms with Crippen molar-refractivity contribution in [2.75, 3.05) is 19.6 Å². The Morgan fingerprint density at radius 3 is 2.48 bits per heavy atom. The van der Waals surface area contributed by atoms with Crippen LogP contribution in [-0.4, -0.2) is 29.9 Å². The molecule has 7 aliphatic rings. The Morgan fingerprint density at radius 1 is 0.788 bits per heavy atom. The Morgan fingerprint density at radius 2 is 1.67 bits per heavy atom. The van der Waals surface area contributed by atoms with Gasteiger partial charge >= 0.3 is 0 Å². The van der Waals surface area contributed by atoms with Gasteiger partial charge < -0.3 is 30.6 Å². The number of allylic oxidation sites excluding steroid dienone is 7. The molecule has 0 radical (unpaired) electrons. The topological polar surface area (TPSA) is 74.6 Å². The van der Waals surface area contributed by atoms with Gasteiger partial charge in [0.25, 0.3) is 0 Å². The summed E-state index contributed by atoms with van der Waals surface area (Å²) in [6.07, 6.45) is 25.0. The van der Waals surface area contributed by atoms with Crippen molar-refractivity contribution in [3.05, 3.63) is 136 Å². The molecule has 2 aromatic carbocycles. The van der Waals surface area contributed by atoms with Crippen LogP contribution < -0.4 is 21.3 Å². The average molecular weight is 691 g/mol. The molecule has 3 aliphatic carbocycles. The van der Waals surface area contributed by atoms with Gasteiger partial charge in [-0.05, 0) is 107 Å². The number of rotatable bonds is 6. The number of aromatic nitrogens is 1. The molecule has 0 amide bonds. The molecule has 4 unspecified atom stereocenters. The molecule has 7 nitrogen and oxygen atoms in total. The standard InChI is InChI=1S/C45H50N6O/c1-2-6-34(7-3-1)45-50-37-18-19-41-42(43(37)52-45)36-8-4-5-9-40(36)51(41)35-16-14-33(15-17-35)44-48-38(28-39(49-44)32-22-26-47-27-23-32)31-12-10-29(11-13-31)30-20-24-46-25-21-30/h1-4,6-8,10,14-17,20,24,28,30-32,44-47,49-50H,5,9,11-13,18-19,21-23,25-27H2. The van der Waals surface area contributed by atoms with E-state index in [4.69, 9.17) is 9.73 Å². The van der Waals surface area contributed by atoms with Gasteiger partial charge in [-0.2, -0.15) is 0 Å². The molecule has 0 saturated carbocycles. The first kappa shape index (κ1) is 31.9. The number of nitrogens with one attached hydrogen (secondary N) is 4. The Hall–Kier alpha value is -4.75. The van der Waals surface area contributed by atoms with E-state index in [1.165, 1.54) is 83.0 Å². The lowest BCUT2D eigenvalue weighted by Gasteiger charge is -2.34. The number of hydrogen-bond donors (Lipinski definition) is 4. The molecule has 1 aromatic heterocycles. The Labute approximate surface area is 307 Å². The van der Waals surface area contributed by atoms with E-state index in [0.29, 0.717) is 17.8 Å². The van der Waals surface area contributed by atoms with E-state index in [9.17, 15) is 0 Å². The monoisotopic (exact) mass is 690 g/mol. The van der Waals surface area contributed by atoms with Crippen molar-refractivity contribution >= 4 is 17.5 Å². The van der Waals surface area contributed by atoms with Crippen LogP contribution in [0.1, 0.15) is 97.4 Å². The SMILES string of the molecule is C1=Cc2c3c(n(-c4ccc(C5N=C(C6CC=C(C7C=CNCC7)CC6)C=C(C6CCNCC6)N5)cc4)c2CC1)CCC1=C3OC(c2ccccc2)N1. The Balaban J connectivity index is 0.946. The molecule has 10 rings (SSSR count). The van der Waals surface area contributed by atoms with Gasteiger partial charge in [0, 0.05) is 69.5 Å². The summed E-state index contributed by atoms with van der Waals surface area (Å²) in [7, 11) is 0. The van der Waals surface area contributed by atoms with E-state index in [1.807, 2.05) is 0 Å². The summed E-state index contributed by atoms with van der Waals surface area (Å²) in [5, 5.41) is 14.6. The third kappa shape index (κ3) is 5.83. The number of aliphatic imine (C=N–C) groups is 1. The van der Waals surface area contributed by atoms with E-state index < -0.39 is 0 Å². The zero-order valence-electron chi connectivity index (χ0n) is 30.0. The lowest BCUT2D eigenvalue weighted by Crippen LogP contribution is -2.36. The second-order valence-corrected chi connectivity index (χ2v) is 15.6. The zero-order valence-corrected chi connectivity index (χ0v) is 30.0. The van der Waals surface area contributed by atoms with Gasteiger partial charge in [-0.15, -0.1) is 0 Å². The van der Waals surface area contributed by atoms with E-state index in [1.54, 1.807) is 5.57 Å². The van der Waals surface area contributed by atoms with Gasteiger partial charge in [0.1, 0.15) is 6.17 Å². The highest BCUT2D eigenvalue weighted by Crippen LogP contribution is 2.46. The van der Waals surface area contributed by atoms with E-state index in [-0.39, 0.29) is 12.4 Å². The normalized spacial score (nSPS) is 26.8. The molecular formula is C45H50N6O. The third-order valence-corrected chi connectivity index (χ3v) is 12.5. The molecule has 4 atom stereocenters. The fourth-order valence-corrected chi connectivity index (χ4v) is 9.71. The molecule has 0 spiro atoms. The van der Waals surface area contributed by atoms with Gasteiger partial charge in [0.05, 0.1) is 5.70 Å². The van der Waals surface area contributed by atoms with Crippen molar-refractivity contribution in [3.63, 3.8) is 0 Å². The van der Waals surface area contributed by atoms with Crippen molar-refractivity contribution < 1.29 is 4.74 Å². The summed E-state index contributed by atoms with van der Waals surface area (Å²) in [6, 6.07) is 19.9. The van der Waals surface area contributed by atoms with Crippen molar-refractivity contribution in [1.82, 2.24) is 25.8 Å². The first-order valence-corrected chi connectivity index (χ1v) is 19.9. The summed E-state index contributed by atoms with van der Waals surface area (Å²) in [5.41, 5.74) is 14.6. The van der Waals surface area contributed by atoms with Gasteiger partial charge in [0.15, 0.2) is 12.0 Å². The van der Waals surface area contributed by atoms with Gasteiger partial charge in [-0.25, -0.2) is 0 Å². The molecule has 266 valence electrons. The molecule has 1 saturated heterocycles. The first-order valence-electron chi connectivity index (χ1n) is 19.9. The highest BCUT2D eigenvalue weighted by atomic mass is 16.5. The first-order chi connectivity index (χ1) is 25.8. The van der Waals surface area contributed by atoms with E-state index >= 15 is 0 Å². The summed E-state index contributed by atoms with van der Waals surface area (Å²) in [5.74, 6) is 2.68. The molecule has 0 bridgehead atoms. The van der Waals surface area contributed by atoms with Crippen molar-refractivity contribution in [3.8, 4) is 5.69 Å². The smallest absolute Gasteiger partial charge is 0.196 e. The third-order valence-electron chi connectivity index (χ3n) is 12.5. The highest BCUT2D eigenvalue weighted by molar-refractivity contribution is 5.98. The van der Waals surface area contributed by atoms with Crippen molar-refractivity contribution in [2.45, 2.75) is 76.6 Å². The van der Waals surface area contributed by atoms with Crippen LogP contribution in [-0.2, 0) is 17.6 Å². The maximum absolute atomic E-state index is 6.73. The van der Waals surface area contributed by atoms with Crippen LogP contribution in [0.4, 0.5) is 0 Å². The number of benzene rings is 2.